The van der Waals surface area contributed by atoms with Crippen molar-refractivity contribution < 1.29 is 65.9 Å². The molecular weight excluding hydrogens is 607 g/mol. The fourth-order valence-electron chi connectivity index (χ4n) is 3.93. The second-order valence-corrected chi connectivity index (χ2v) is 12.9. The number of nitrogens with zero attached hydrogens (tertiary/aromatic N) is 3. The maximum absolute atomic E-state index is 13.2. The molecule has 220 valence electrons. The van der Waals surface area contributed by atoms with Crippen LogP contribution in [0.4, 0.5) is 0 Å². The van der Waals surface area contributed by atoms with E-state index in [1.54, 1.807) is 25.1 Å². The number of ether oxygens (including phenoxy) is 1. The molecule has 4 rings (SSSR count). The van der Waals surface area contributed by atoms with Crippen molar-refractivity contribution in [2.24, 2.45) is 0 Å². The number of hydrogen-bond donors (Lipinski definition) is 6. The van der Waals surface area contributed by atoms with Gasteiger partial charge in [0.1, 0.15) is 24.0 Å². The van der Waals surface area contributed by atoms with Crippen LogP contribution in [0, 0.1) is 6.92 Å². The molecule has 6 atom stereocenters. The van der Waals surface area contributed by atoms with E-state index in [0.717, 1.165) is 27.0 Å². The summed E-state index contributed by atoms with van der Waals surface area (Å²) in [6.45, 7) is 0.371. The van der Waals surface area contributed by atoms with E-state index < -0.39 is 65.9 Å². The first-order valence-corrected chi connectivity index (χ1v) is 15.5. The van der Waals surface area contributed by atoms with Crippen molar-refractivity contribution in [2.45, 2.75) is 38.0 Å². The highest BCUT2D eigenvalue weighted by Gasteiger charge is 2.47. The Morgan fingerprint density at radius 1 is 1.00 bits per heavy atom. The van der Waals surface area contributed by atoms with Gasteiger partial charge in [0.15, 0.2) is 11.8 Å². The average molecular weight is 629 g/mol. The molecule has 22 heteroatoms. The predicted molar refractivity (Wildman–Crippen MR) is 129 cm³/mol. The Balaban J connectivity index is 1.52. The Bertz CT molecular complexity index is 1680. The second kappa shape index (κ2) is 11.2. The van der Waals surface area contributed by atoms with E-state index in [-0.39, 0.29) is 12.2 Å². The highest BCUT2D eigenvalue weighted by atomic mass is 31.3. The monoisotopic (exact) mass is 629 g/mol. The summed E-state index contributed by atoms with van der Waals surface area (Å²) in [4.78, 5) is 61.7. The molecular formula is C18H22N3O16P3. The van der Waals surface area contributed by atoms with Crippen LogP contribution in [0.25, 0.3) is 11.0 Å². The smallest absolute Gasteiger partial charge is 0.387 e. The van der Waals surface area contributed by atoms with Crippen molar-refractivity contribution in [3.63, 3.8) is 0 Å². The summed E-state index contributed by atoms with van der Waals surface area (Å²) in [5.41, 5.74) is -0.248. The Kier molecular flexibility index (Phi) is 8.53. The SMILES string of the molecule is Cc1cccc2onc(Cn3c(=O)ccn([C@@H]4O[C@H](COP(=O)(O)OP(=O)(O)OP(=O)(O)O)[C@H](O)[C@@H]4O)c3=O)c12. The maximum atomic E-state index is 13.2. The number of aliphatic hydroxyl groups is 2. The molecule has 1 fully saturated rings. The first kappa shape index (κ1) is 30.6. The van der Waals surface area contributed by atoms with Crippen LogP contribution in [-0.4, -0.2) is 69.0 Å². The molecule has 19 nitrogen and oxygen atoms in total. The highest BCUT2D eigenvalue weighted by molar-refractivity contribution is 7.66. The molecule has 1 saturated heterocycles. The maximum Gasteiger partial charge on any atom is 0.490 e. The summed E-state index contributed by atoms with van der Waals surface area (Å²) in [5.74, 6) is 0. The van der Waals surface area contributed by atoms with Crippen LogP contribution in [0.2, 0.25) is 0 Å². The molecule has 1 aromatic carbocycles. The van der Waals surface area contributed by atoms with Crippen LogP contribution >= 0.6 is 23.5 Å². The number of aromatic nitrogens is 3. The Morgan fingerprint density at radius 2 is 1.70 bits per heavy atom. The summed E-state index contributed by atoms with van der Waals surface area (Å²) < 4.78 is 57.9. The molecule has 0 spiro atoms. The van der Waals surface area contributed by atoms with Gasteiger partial charge >= 0.3 is 29.2 Å². The van der Waals surface area contributed by atoms with Crippen LogP contribution in [0.3, 0.4) is 0 Å². The number of rotatable bonds is 10. The van der Waals surface area contributed by atoms with E-state index in [0.29, 0.717) is 11.0 Å². The van der Waals surface area contributed by atoms with Crippen molar-refractivity contribution in [2.75, 3.05) is 6.61 Å². The number of hydrogen-bond acceptors (Lipinski definition) is 13. The molecule has 0 amide bonds. The van der Waals surface area contributed by atoms with Crippen molar-refractivity contribution in [1.29, 1.82) is 0 Å². The largest absolute Gasteiger partial charge is 0.490 e. The summed E-state index contributed by atoms with van der Waals surface area (Å²) in [5, 5.41) is 25.3. The molecule has 40 heavy (non-hydrogen) atoms. The van der Waals surface area contributed by atoms with Gasteiger partial charge in [-0.05, 0) is 18.6 Å². The molecule has 0 saturated carbocycles. The Morgan fingerprint density at radius 3 is 2.38 bits per heavy atom. The number of benzene rings is 1. The zero-order valence-electron chi connectivity index (χ0n) is 20.1. The number of phosphoric ester groups is 1. The minimum absolute atomic E-state index is 0.270. The van der Waals surface area contributed by atoms with Crippen molar-refractivity contribution in [3.8, 4) is 0 Å². The topological polar surface area (TPSA) is 280 Å². The van der Waals surface area contributed by atoms with Crippen LogP contribution in [0.15, 0.2) is 44.6 Å². The van der Waals surface area contributed by atoms with Gasteiger partial charge in [0.05, 0.1) is 13.2 Å². The van der Waals surface area contributed by atoms with Gasteiger partial charge in [0.2, 0.25) is 0 Å². The lowest BCUT2D eigenvalue weighted by atomic mass is 10.1. The van der Waals surface area contributed by atoms with Crippen molar-refractivity contribution in [1.82, 2.24) is 14.3 Å². The number of phosphoric acid groups is 3. The number of aryl methyl sites for hydroxylation is 1. The van der Waals surface area contributed by atoms with Crippen LogP contribution in [0.1, 0.15) is 17.5 Å². The van der Waals surface area contributed by atoms with E-state index in [1.807, 2.05) is 0 Å². The summed E-state index contributed by atoms with van der Waals surface area (Å²) in [7, 11) is -17.0. The van der Waals surface area contributed by atoms with Crippen LogP contribution in [0.5, 0.6) is 0 Å². The summed E-state index contributed by atoms with van der Waals surface area (Å²) >= 11 is 0. The van der Waals surface area contributed by atoms with Gasteiger partial charge in [0, 0.05) is 17.6 Å². The van der Waals surface area contributed by atoms with E-state index >= 15 is 0 Å². The molecule has 6 N–H and O–H groups in total. The first-order chi connectivity index (χ1) is 18.5. The third-order valence-corrected chi connectivity index (χ3v) is 9.41. The first-order valence-electron chi connectivity index (χ1n) is 10.9. The third-order valence-electron chi connectivity index (χ3n) is 5.61. The molecule has 2 aromatic heterocycles. The van der Waals surface area contributed by atoms with E-state index in [4.69, 9.17) is 19.0 Å². The summed E-state index contributed by atoms with van der Waals surface area (Å²) in [6, 6.07) is 6.15. The van der Waals surface area contributed by atoms with Gasteiger partial charge in [-0.3, -0.25) is 18.5 Å². The molecule has 1 aliphatic heterocycles. The highest BCUT2D eigenvalue weighted by Crippen LogP contribution is 2.66. The molecule has 0 aliphatic carbocycles. The molecule has 3 heterocycles. The Labute approximate surface area is 222 Å². The number of aliphatic hydroxyl groups excluding tert-OH is 2. The van der Waals surface area contributed by atoms with Crippen molar-refractivity contribution in [3.05, 3.63) is 62.6 Å². The molecule has 0 bridgehead atoms. The number of fused-ring (bicyclic) bond motifs is 1. The van der Waals surface area contributed by atoms with E-state index in [9.17, 15) is 43.3 Å². The Hall–Kier alpha value is -2.34. The fraction of sp³-hybridized carbons (Fsp3) is 0.389. The minimum atomic E-state index is -5.79. The second-order valence-electron chi connectivity index (χ2n) is 8.44. The lowest BCUT2D eigenvalue weighted by molar-refractivity contribution is -0.0547. The van der Waals surface area contributed by atoms with Crippen molar-refractivity contribution >= 4 is 34.4 Å². The minimum Gasteiger partial charge on any atom is -0.387 e. The van der Waals surface area contributed by atoms with Gasteiger partial charge in [-0.25, -0.2) is 18.5 Å². The third kappa shape index (κ3) is 6.75. The quantitative estimate of drug-likeness (QED) is 0.154. The summed E-state index contributed by atoms with van der Waals surface area (Å²) in [6.07, 6.45) is -5.99. The van der Waals surface area contributed by atoms with Gasteiger partial charge in [-0.2, -0.15) is 8.62 Å². The van der Waals surface area contributed by atoms with Gasteiger partial charge in [0.25, 0.3) is 5.56 Å². The predicted octanol–water partition coefficient (Wildman–Crippen LogP) is -0.530. The zero-order valence-corrected chi connectivity index (χ0v) is 22.7. The lowest BCUT2D eigenvalue weighted by Gasteiger charge is -2.19. The van der Waals surface area contributed by atoms with E-state index in [1.165, 1.54) is 0 Å². The van der Waals surface area contributed by atoms with Crippen LogP contribution in [-0.2, 0) is 38.1 Å². The molecule has 0 radical (unpaired) electrons. The molecule has 2 unspecified atom stereocenters. The standard InChI is InChI=1S/C18H22N3O16P3/c1-9-3-2-4-11-14(9)10(19-35-11)7-21-13(22)5-6-20(18(21)25)17-16(24)15(23)12(34-17)8-33-39(29,30)37-40(31,32)36-38(26,27)28/h2-6,12,15-17,23-24H,7-8H2,1H3,(H,29,30)(H,31,32)(H2,26,27,28)/t12-,15+,16+,17-/m1/s1. The lowest BCUT2D eigenvalue weighted by Crippen LogP contribution is -2.43. The van der Waals surface area contributed by atoms with Gasteiger partial charge in [-0.1, -0.05) is 17.3 Å². The normalized spacial score (nSPS) is 24.7. The van der Waals surface area contributed by atoms with Gasteiger partial charge in [-0.15, -0.1) is 0 Å². The zero-order chi connectivity index (χ0) is 29.6. The molecule has 1 aliphatic rings. The van der Waals surface area contributed by atoms with Crippen LogP contribution < -0.4 is 11.2 Å². The van der Waals surface area contributed by atoms with Gasteiger partial charge < -0.3 is 39.0 Å². The fourth-order valence-corrected chi connectivity index (χ4v) is 6.96. The van der Waals surface area contributed by atoms with E-state index in [2.05, 4.69) is 18.3 Å². The average Bonchev–Trinajstić information content (AvgIpc) is 3.35. The molecule has 3 aromatic rings.